The van der Waals surface area contributed by atoms with Crippen LogP contribution in [0.25, 0.3) is 0 Å². The molecule has 0 bridgehead atoms. The Hall–Kier alpha value is -2.97. The van der Waals surface area contributed by atoms with Crippen LogP contribution >= 0.6 is 0 Å². The summed E-state index contributed by atoms with van der Waals surface area (Å²) in [6.45, 7) is 0. The summed E-state index contributed by atoms with van der Waals surface area (Å²) in [7, 11) is 1.32. The molecule has 2 N–H and O–H groups in total. The summed E-state index contributed by atoms with van der Waals surface area (Å²) in [6.07, 6.45) is 6.27. The van der Waals surface area contributed by atoms with E-state index >= 15 is 0 Å². The van der Waals surface area contributed by atoms with Gasteiger partial charge in [-0.1, -0.05) is 0 Å². The number of nitrogens with one attached hydrogen (secondary N) is 2. The zero-order valence-corrected chi connectivity index (χ0v) is 15.7. The maximum Gasteiger partial charge on any atom is 0.328 e. The SMILES string of the molecule is Cn1c(=O)[nH]cc(C(=O)NC2CCC(n3nc(C4CC4)ccc3=O)CC2)c1=O. The maximum atomic E-state index is 12.4. The highest BCUT2D eigenvalue weighted by molar-refractivity contribution is 5.93. The van der Waals surface area contributed by atoms with Crippen LogP contribution < -0.4 is 22.1 Å². The van der Waals surface area contributed by atoms with Gasteiger partial charge in [-0.25, -0.2) is 9.48 Å². The minimum atomic E-state index is -0.623. The molecule has 2 fully saturated rings. The van der Waals surface area contributed by atoms with Crippen molar-refractivity contribution in [1.82, 2.24) is 24.6 Å². The van der Waals surface area contributed by atoms with Gasteiger partial charge in [-0.05, 0) is 44.6 Å². The average Bonchev–Trinajstić information content (AvgIpc) is 3.52. The Bertz CT molecular complexity index is 1070. The first-order valence-corrected chi connectivity index (χ1v) is 9.63. The first-order valence-electron chi connectivity index (χ1n) is 9.63. The second-order valence-electron chi connectivity index (χ2n) is 7.67. The van der Waals surface area contributed by atoms with Gasteiger partial charge in [0.2, 0.25) is 0 Å². The molecule has 0 aromatic carbocycles. The van der Waals surface area contributed by atoms with Gasteiger partial charge in [0.1, 0.15) is 5.56 Å². The highest BCUT2D eigenvalue weighted by Crippen LogP contribution is 2.38. The molecule has 1 amide bonds. The zero-order chi connectivity index (χ0) is 19.8. The second-order valence-corrected chi connectivity index (χ2v) is 7.67. The first kappa shape index (κ1) is 18.4. The van der Waals surface area contributed by atoms with Gasteiger partial charge in [-0.2, -0.15) is 5.10 Å². The molecule has 28 heavy (non-hydrogen) atoms. The van der Waals surface area contributed by atoms with Crippen molar-refractivity contribution in [2.75, 3.05) is 0 Å². The summed E-state index contributed by atoms with van der Waals surface area (Å²) in [6, 6.07) is 3.37. The number of amides is 1. The lowest BCUT2D eigenvalue weighted by Crippen LogP contribution is -2.43. The molecule has 9 nitrogen and oxygen atoms in total. The lowest BCUT2D eigenvalue weighted by Gasteiger charge is -2.29. The van der Waals surface area contributed by atoms with Crippen molar-refractivity contribution in [2.24, 2.45) is 7.05 Å². The molecule has 0 unspecified atom stereocenters. The van der Waals surface area contributed by atoms with Crippen LogP contribution in [0.15, 0.2) is 32.7 Å². The Balaban J connectivity index is 1.41. The van der Waals surface area contributed by atoms with Crippen molar-refractivity contribution < 1.29 is 4.79 Å². The third-order valence-corrected chi connectivity index (χ3v) is 5.64. The van der Waals surface area contributed by atoms with Crippen LogP contribution in [0.2, 0.25) is 0 Å². The Labute approximate surface area is 160 Å². The van der Waals surface area contributed by atoms with Crippen LogP contribution in [0.5, 0.6) is 0 Å². The molecule has 4 rings (SSSR count). The van der Waals surface area contributed by atoms with Gasteiger partial charge in [0.25, 0.3) is 17.0 Å². The number of H-pyrrole nitrogens is 1. The van der Waals surface area contributed by atoms with Gasteiger partial charge in [-0.15, -0.1) is 0 Å². The number of aromatic nitrogens is 4. The molecule has 2 aromatic heterocycles. The normalized spacial score (nSPS) is 22.0. The summed E-state index contributed by atoms with van der Waals surface area (Å²) in [5.74, 6) is -0.00581. The molecule has 0 radical (unpaired) electrons. The number of nitrogens with zero attached hydrogens (tertiary/aromatic N) is 3. The van der Waals surface area contributed by atoms with Gasteiger partial charge in [-0.3, -0.25) is 19.0 Å². The predicted molar refractivity (Wildman–Crippen MR) is 102 cm³/mol. The molecule has 2 aliphatic rings. The van der Waals surface area contributed by atoms with Crippen LogP contribution in [0.3, 0.4) is 0 Å². The fourth-order valence-corrected chi connectivity index (χ4v) is 3.75. The fourth-order valence-electron chi connectivity index (χ4n) is 3.75. The molecule has 148 valence electrons. The number of carbonyl (C=O) groups excluding carboxylic acids is 1. The third-order valence-electron chi connectivity index (χ3n) is 5.64. The highest BCUT2D eigenvalue weighted by atomic mass is 16.2. The van der Waals surface area contributed by atoms with Crippen LogP contribution in [0.1, 0.15) is 66.5 Å². The molecule has 2 aromatic rings. The molecule has 0 atom stereocenters. The third kappa shape index (κ3) is 3.56. The summed E-state index contributed by atoms with van der Waals surface area (Å²) < 4.78 is 2.47. The number of hydrogen-bond acceptors (Lipinski definition) is 5. The lowest BCUT2D eigenvalue weighted by atomic mass is 9.91. The maximum absolute atomic E-state index is 12.4. The molecule has 0 aliphatic heterocycles. The van der Waals surface area contributed by atoms with Gasteiger partial charge in [0.05, 0.1) is 11.7 Å². The standard InChI is InChI=1S/C19H23N5O4/c1-23-18(27)14(10-20-19(23)28)17(26)21-12-4-6-13(7-5-12)24-16(25)9-8-15(22-24)11-2-3-11/h8-13H,2-7H2,1H3,(H,20,28)(H,21,26). The molecule has 2 heterocycles. The monoisotopic (exact) mass is 385 g/mol. The Kier molecular flexibility index (Phi) is 4.74. The van der Waals surface area contributed by atoms with E-state index in [1.165, 1.54) is 7.05 Å². The Morgan fingerprint density at radius 3 is 2.50 bits per heavy atom. The molecule has 9 heteroatoms. The molecular weight excluding hydrogens is 362 g/mol. The summed E-state index contributed by atoms with van der Waals surface area (Å²) in [5, 5.41) is 7.43. The number of hydrogen-bond donors (Lipinski definition) is 2. The lowest BCUT2D eigenvalue weighted by molar-refractivity contribution is 0.0918. The highest BCUT2D eigenvalue weighted by Gasteiger charge is 2.29. The molecular formula is C19H23N5O4. The van der Waals surface area contributed by atoms with E-state index < -0.39 is 17.2 Å². The van der Waals surface area contributed by atoms with E-state index in [1.807, 2.05) is 6.07 Å². The minimum absolute atomic E-state index is 0.0281. The van der Waals surface area contributed by atoms with Gasteiger partial charge < -0.3 is 10.3 Å². The quantitative estimate of drug-likeness (QED) is 0.791. The number of rotatable bonds is 4. The largest absolute Gasteiger partial charge is 0.349 e. The zero-order valence-electron chi connectivity index (χ0n) is 15.7. The van der Waals surface area contributed by atoms with Crippen LogP contribution in [-0.2, 0) is 7.05 Å². The summed E-state index contributed by atoms with van der Waals surface area (Å²) in [5.41, 5.74) is -0.368. The summed E-state index contributed by atoms with van der Waals surface area (Å²) >= 11 is 0. The van der Waals surface area contributed by atoms with Gasteiger partial charge in [0, 0.05) is 31.3 Å². The molecule has 2 aliphatic carbocycles. The number of carbonyl (C=O) groups is 1. The van der Waals surface area contributed by atoms with E-state index in [-0.39, 0.29) is 23.2 Å². The van der Waals surface area contributed by atoms with Crippen LogP contribution in [0.4, 0.5) is 0 Å². The van der Waals surface area contributed by atoms with Crippen molar-refractivity contribution in [3.8, 4) is 0 Å². The van der Waals surface area contributed by atoms with Crippen molar-refractivity contribution in [3.05, 3.63) is 60.8 Å². The fraction of sp³-hybridized carbons (Fsp3) is 0.526. The average molecular weight is 385 g/mol. The van der Waals surface area contributed by atoms with E-state index in [4.69, 9.17) is 0 Å². The van der Waals surface area contributed by atoms with Gasteiger partial charge >= 0.3 is 5.69 Å². The molecule has 2 saturated carbocycles. The minimum Gasteiger partial charge on any atom is -0.349 e. The van der Waals surface area contributed by atoms with Crippen LogP contribution in [0, 0.1) is 0 Å². The van der Waals surface area contributed by atoms with Crippen molar-refractivity contribution in [1.29, 1.82) is 0 Å². The van der Waals surface area contributed by atoms with Crippen molar-refractivity contribution in [2.45, 2.75) is 56.5 Å². The first-order chi connectivity index (χ1) is 13.4. The molecule has 0 saturated heterocycles. The van der Waals surface area contributed by atoms with E-state index in [9.17, 15) is 19.2 Å². The molecule has 0 spiro atoms. The predicted octanol–water partition coefficient (Wildman–Crippen LogP) is 0.421. The van der Waals surface area contributed by atoms with E-state index in [0.717, 1.165) is 42.1 Å². The van der Waals surface area contributed by atoms with E-state index in [1.54, 1.807) is 10.7 Å². The van der Waals surface area contributed by atoms with E-state index in [0.29, 0.717) is 18.8 Å². The van der Waals surface area contributed by atoms with E-state index in [2.05, 4.69) is 15.4 Å². The van der Waals surface area contributed by atoms with Crippen LogP contribution in [-0.4, -0.2) is 31.3 Å². The van der Waals surface area contributed by atoms with Crippen molar-refractivity contribution >= 4 is 5.91 Å². The topological polar surface area (TPSA) is 119 Å². The second kappa shape index (κ2) is 7.21. The Morgan fingerprint density at radius 2 is 1.82 bits per heavy atom. The smallest absolute Gasteiger partial charge is 0.328 e. The number of aromatic amines is 1. The Morgan fingerprint density at radius 1 is 1.11 bits per heavy atom. The van der Waals surface area contributed by atoms with Crippen molar-refractivity contribution in [3.63, 3.8) is 0 Å². The van der Waals surface area contributed by atoms with Gasteiger partial charge in [0.15, 0.2) is 0 Å². The summed E-state index contributed by atoms with van der Waals surface area (Å²) in [4.78, 5) is 50.5.